The molecule has 1 unspecified atom stereocenters. The predicted molar refractivity (Wildman–Crippen MR) is 91.2 cm³/mol. The Labute approximate surface area is 136 Å². The number of hydrogen-bond acceptors (Lipinski definition) is 3. The molecule has 0 aliphatic heterocycles. The average molecular weight is 324 g/mol. The average Bonchev–Trinajstić information content (AvgIpc) is 2.84. The Kier molecular flexibility index (Phi) is 6.15. The molecular weight excluding hydrogens is 302 g/mol. The minimum absolute atomic E-state index is 0.192. The van der Waals surface area contributed by atoms with E-state index < -0.39 is 0 Å². The van der Waals surface area contributed by atoms with Crippen molar-refractivity contribution < 1.29 is 0 Å². The fraction of sp³-hybridized carbons (Fsp3) is 0.438. The van der Waals surface area contributed by atoms with Gasteiger partial charge >= 0.3 is 0 Å². The second-order valence-electron chi connectivity index (χ2n) is 5.07. The fourth-order valence-corrected chi connectivity index (χ4v) is 3.51. The smallest absolute Gasteiger partial charge is 0.0834 e. The summed E-state index contributed by atoms with van der Waals surface area (Å²) in [5, 5.41) is 8.48. The number of nitrogens with one attached hydrogen (secondary N) is 1. The van der Waals surface area contributed by atoms with Crippen molar-refractivity contribution in [3.05, 3.63) is 46.7 Å². The maximum atomic E-state index is 6.32. The summed E-state index contributed by atoms with van der Waals surface area (Å²) in [5.41, 5.74) is 2.37. The molecule has 114 valence electrons. The minimum atomic E-state index is 0.192. The Bertz CT molecular complexity index is 565. The van der Waals surface area contributed by atoms with E-state index in [1.54, 1.807) is 6.20 Å². The Morgan fingerprint density at radius 1 is 1.33 bits per heavy atom. The highest BCUT2D eigenvalue weighted by molar-refractivity contribution is 7.99. The normalized spacial score (nSPS) is 12.6. The van der Waals surface area contributed by atoms with Crippen molar-refractivity contribution in [2.24, 2.45) is 0 Å². The molecule has 0 spiro atoms. The van der Waals surface area contributed by atoms with E-state index in [4.69, 9.17) is 11.6 Å². The summed E-state index contributed by atoms with van der Waals surface area (Å²) < 4.78 is 2.01. The van der Waals surface area contributed by atoms with Crippen LogP contribution in [-0.4, -0.2) is 22.6 Å². The number of thioether (sulfide) groups is 1. The number of benzene rings is 1. The lowest BCUT2D eigenvalue weighted by Gasteiger charge is -2.18. The Morgan fingerprint density at radius 2 is 2.05 bits per heavy atom. The van der Waals surface area contributed by atoms with E-state index in [2.05, 4.69) is 48.5 Å². The zero-order chi connectivity index (χ0) is 15.2. The van der Waals surface area contributed by atoms with Crippen LogP contribution in [0.25, 0.3) is 0 Å². The van der Waals surface area contributed by atoms with Gasteiger partial charge in [0.05, 0.1) is 23.0 Å². The Balaban J connectivity index is 2.09. The lowest BCUT2D eigenvalue weighted by Crippen LogP contribution is -2.23. The van der Waals surface area contributed by atoms with Crippen LogP contribution in [0.4, 0.5) is 0 Å². The maximum absolute atomic E-state index is 6.32. The molecule has 0 saturated carbocycles. The summed E-state index contributed by atoms with van der Waals surface area (Å²) in [6.45, 7) is 5.15. The summed E-state index contributed by atoms with van der Waals surface area (Å²) in [7, 11) is 1.97. The number of nitrogens with zero attached hydrogens (tertiary/aromatic N) is 2. The third-order valence-electron chi connectivity index (χ3n) is 3.38. The molecule has 1 aromatic carbocycles. The molecule has 0 saturated heterocycles. The molecule has 1 atom stereocenters. The fourth-order valence-electron chi connectivity index (χ4n) is 2.22. The third kappa shape index (κ3) is 4.25. The van der Waals surface area contributed by atoms with Crippen molar-refractivity contribution in [3.63, 3.8) is 0 Å². The molecule has 2 rings (SSSR count). The van der Waals surface area contributed by atoms with Gasteiger partial charge in [0, 0.05) is 17.2 Å². The zero-order valence-electron chi connectivity index (χ0n) is 12.8. The van der Waals surface area contributed by atoms with Crippen molar-refractivity contribution in [2.75, 3.05) is 12.8 Å². The SMILES string of the molecule is CCCn1ncc(Cl)c1C(CSc1ccc(C)cc1)NC. The van der Waals surface area contributed by atoms with Gasteiger partial charge in [0.25, 0.3) is 0 Å². The van der Waals surface area contributed by atoms with Gasteiger partial charge in [-0.15, -0.1) is 11.8 Å². The first-order chi connectivity index (χ1) is 10.2. The van der Waals surface area contributed by atoms with Crippen LogP contribution in [0.1, 0.15) is 30.6 Å². The van der Waals surface area contributed by atoms with Crippen LogP contribution < -0.4 is 5.32 Å². The number of aryl methyl sites for hydroxylation is 2. The van der Waals surface area contributed by atoms with Crippen molar-refractivity contribution in [1.29, 1.82) is 0 Å². The molecule has 21 heavy (non-hydrogen) atoms. The van der Waals surface area contributed by atoms with Crippen LogP contribution in [0.2, 0.25) is 5.02 Å². The van der Waals surface area contributed by atoms with E-state index in [1.807, 2.05) is 23.5 Å². The monoisotopic (exact) mass is 323 g/mol. The maximum Gasteiger partial charge on any atom is 0.0834 e. The van der Waals surface area contributed by atoms with Crippen molar-refractivity contribution in [3.8, 4) is 0 Å². The van der Waals surface area contributed by atoms with E-state index >= 15 is 0 Å². The van der Waals surface area contributed by atoms with E-state index in [0.29, 0.717) is 0 Å². The zero-order valence-corrected chi connectivity index (χ0v) is 14.3. The van der Waals surface area contributed by atoms with Gasteiger partial charge < -0.3 is 5.32 Å². The summed E-state index contributed by atoms with van der Waals surface area (Å²) >= 11 is 8.16. The molecule has 1 aromatic heterocycles. The molecule has 0 fully saturated rings. The molecule has 0 aliphatic rings. The highest BCUT2D eigenvalue weighted by Gasteiger charge is 2.19. The van der Waals surface area contributed by atoms with Gasteiger partial charge in [-0.2, -0.15) is 5.10 Å². The summed E-state index contributed by atoms with van der Waals surface area (Å²) in [6.07, 6.45) is 2.79. The Morgan fingerprint density at radius 3 is 2.67 bits per heavy atom. The lowest BCUT2D eigenvalue weighted by molar-refractivity contribution is 0.524. The van der Waals surface area contributed by atoms with E-state index in [9.17, 15) is 0 Å². The lowest BCUT2D eigenvalue weighted by atomic mass is 10.2. The number of rotatable bonds is 7. The molecule has 0 amide bonds. The van der Waals surface area contributed by atoms with Gasteiger partial charge in [-0.1, -0.05) is 36.2 Å². The van der Waals surface area contributed by atoms with Crippen molar-refractivity contribution in [2.45, 2.75) is 37.8 Å². The highest BCUT2D eigenvalue weighted by Crippen LogP contribution is 2.29. The summed E-state index contributed by atoms with van der Waals surface area (Å²) in [5.74, 6) is 0.925. The molecular formula is C16H22ClN3S. The van der Waals surface area contributed by atoms with Crippen LogP contribution in [0.15, 0.2) is 35.4 Å². The third-order valence-corrected chi connectivity index (χ3v) is 4.78. The van der Waals surface area contributed by atoms with Crippen molar-refractivity contribution >= 4 is 23.4 Å². The number of halogens is 1. The van der Waals surface area contributed by atoms with Gasteiger partial charge in [-0.25, -0.2) is 0 Å². The van der Waals surface area contributed by atoms with Gasteiger partial charge in [-0.05, 0) is 32.5 Å². The van der Waals surface area contributed by atoms with Crippen LogP contribution in [0.3, 0.4) is 0 Å². The van der Waals surface area contributed by atoms with Crippen LogP contribution >= 0.6 is 23.4 Å². The van der Waals surface area contributed by atoms with Crippen LogP contribution in [0, 0.1) is 6.92 Å². The molecule has 0 bridgehead atoms. The van der Waals surface area contributed by atoms with E-state index in [-0.39, 0.29) is 6.04 Å². The van der Waals surface area contributed by atoms with Crippen molar-refractivity contribution in [1.82, 2.24) is 15.1 Å². The first kappa shape index (κ1) is 16.4. The first-order valence-electron chi connectivity index (χ1n) is 7.23. The minimum Gasteiger partial charge on any atom is -0.311 e. The number of hydrogen-bond donors (Lipinski definition) is 1. The molecule has 5 heteroatoms. The molecule has 0 radical (unpaired) electrons. The number of aromatic nitrogens is 2. The molecule has 1 heterocycles. The molecule has 0 aliphatic carbocycles. The largest absolute Gasteiger partial charge is 0.311 e. The summed E-state index contributed by atoms with van der Waals surface area (Å²) in [6, 6.07) is 8.81. The quantitative estimate of drug-likeness (QED) is 0.770. The van der Waals surface area contributed by atoms with Crippen LogP contribution in [-0.2, 0) is 6.54 Å². The second kappa shape index (κ2) is 7.87. The highest BCUT2D eigenvalue weighted by atomic mass is 35.5. The van der Waals surface area contributed by atoms with E-state index in [1.165, 1.54) is 10.5 Å². The van der Waals surface area contributed by atoms with Gasteiger partial charge in [-0.3, -0.25) is 4.68 Å². The van der Waals surface area contributed by atoms with Crippen LogP contribution in [0.5, 0.6) is 0 Å². The molecule has 2 aromatic rings. The second-order valence-corrected chi connectivity index (χ2v) is 6.57. The standard InChI is InChI=1S/C16H22ClN3S/c1-4-9-20-16(14(17)10-19-20)15(18-3)11-21-13-7-5-12(2)6-8-13/h5-8,10,15,18H,4,9,11H2,1-3H3. The first-order valence-corrected chi connectivity index (χ1v) is 8.60. The topological polar surface area (TPSA) is 29.9 Å². The van der Waals surface area contributed by atoms with Gasteiger partial charge in [0.2, 0.25) is 0 Å². The van der Waals surface area contributed by atoms with Gasteiger partial charge in [0.1, 0.15) is 0 Å². The van der Waals surface area contributed by atoms with Gasteiger partial charge in [0.15, 0.2) is 0 Å². The van der Waals surface area contributed by atoms with E-state index in [0.717, 1.165) is 29.4 Å². The predicted octanol–water partition coefficient (Wildman–Crippen LogP) is 4.31. The molecule has 3 nitrogen and oxygen atoms in total. The molecule has 1 N–H and O–H groups in total. The summed E-state index contributed by atoms with van der Waals surface area (Å²) in [4.78, 5) is 1.28. The Hall–Kier alpha value is -0.970.